The molecule has 7 heteroatoms. The number of nitrogens with one attached hydrogen (secondary N) is 1. The van der Waals surface area contributed by atoms with Crippen LogP contribution in [0.3, 0.4) is 0 Å². The normalized spacial score (nSPS) is 15.6. The summed E-state index contributed by atoms with van der Waals surface area (Å²) in [5.74, 6) is 0.338. The number of thioether (sulfide) groups is 1. The molecular weight excluding hydrogens is 354 g/mol. The van der Waals surface area contributed by atoms with Gasteiger partial charge in [-0.3, -0.25) is 14.2 Å². The first-order valence-electron chi connectivity index (χ1n) is 8.94. The lowest BCUT2D eigenvalue weighted by Crippen LogP contribution is -2.37. The third-order valence-electron chi connectivity index (χ3n) is 4.87. The Morgan fingerprint density at radius 3 is 2.72 bits per heavy atom. The molecule has 3 rings (SSSR count). The van der Waals surface area contributed by atoms with Crippen molar-refractivity contribution in [1.29, 1.82) is 0 Å². The van der Waals surface area contributed by atoms with E-state index in [1.165, 1.54) is 31.0 Å². The number of aromatic nitrogens is 2. The maximum atomic E-state index is 12.8. The van der Waals surface area contributed by atoms with E-state index in [-0.39, 0.29) is 11.5 Å². The molecule has 0 spiro atoms. The maximum Gasteiger partial charge on any atom is 0.263 e. The minimum atomic E-state index is 0.00420. The fourth-order valence-corrected chi connectivity index (χ4v) is 5.29. The molecule has 2 aromatic rings. The fraction of sp³-hybridized carbons (Fsp3) is 0.611. The largest absolute Gasteiger partial charge is 0.353 e. The number of thiophene rings is 1. The fourth-order valence-electron chi connectivity index (χ4n) is 3.34. The van der Waals surface area contributed by atoms with Gasteiger partial charge in [-0.05, 0) is 39.2 Å². The van der Waals surface area contributed by atoms with E-state index in [4.69, 9.17) is 0 Å². The summed E-state index contributed by atoms with van der Waals surface area (Å²) in [6, 6.07) is 0.313. The molecule has 1 amide bonds. The Kier molecular flexibility index (Phi) is 5.84. The molecule has 1 aliphatic carbocycles. The van der Waals surface area contributed by atoms with Gasteiger partial charge in [0.2, 0.25) is 5.91 Å². The second kappa shape index (κ2) is 7.91. The summed E-state index contributed by atoms with van der Waals surface area (Å²) >= 11 is 2.91. The van der Waals surface area contributed by atoms with Crippen molar-refractivity contribution in [2.75, 3.05) is 5.75 Å². The molecule has 136 valence electrons. The third kappa shape index (κ3) is 3.92. The molecule has 2 heterocycles. The van der Waals surface area contributed by atoms with Crippen LogP contribution in [-0.4, -0.2) is 27.3 Å². The summed E-state index contributed by atoms with van der Waals surface area (Å²) in [5.41, 5.74) is 1.02. The predicted molar refractivity (Wildman–Crippen MR) is 105 cm³/mol. The van der Waals surface area contributed by atoms with E-state index in [9.17, 15) is 9.59 Å². The van der Waals surface area contributed by atoms with Gasteiger partial charge in [0, 0.05) is 17.5 Å². The van der Waals surface area contributed by atoms with Gasteiger partial charge >= 0.3 is 0 Å². The summed E-state index contributed by atoms with van der Waals surface area (Å²) < 4.78 is 1.68. The van der Waals surface area contributed by atoms with Crippen molar-refractivity contribution in [1.82, 2.24) is 14.9 Å². The average molecular weight is 380 g/mol. The molecule has 1 saturated carbocycles. The van der Waals surface area contributed by atoms with Gasteiger partial charge in [0.15, 0.2) is 5.16 Å². The molecule has 5 nitrogen and oxygen atoms in total. The second-order valence-corrected chi connectivity index (χ2v) is 8.74. The SMILES string of the molecule is CCn1c(SCC(=O)NC2CCCCC2)nc2sc(C)c(C)c2c1=O. The summed E-state index contributed by atoms with van der Waals surface area (Å²) in [7, 11) is 0. The van der Waals surface area contributed by atoms with Crippen LogP contribution in [0, 0.1) is 13.8 Å². The molecule has 0 unspecified atom stereocenters. The molecule has 1 fully saturated rings. The van der Waals surface area contributed by atoms with E-state index in [0.29, 0.717) is 23.5 Å². The van der Waals surface area contributed by atoms with Gasteiger partial charge < -0.3 is 5.32 Å². The van der Waals surface area contributed by atoms with E-state index >= 15 is 0 Å². The number of amides is 1. The molecule has 0 radical (unpaired) electrons. The highest BCUT2D eigenvalue weighted by atomic mass is 32.2. The first-order chi connectivity index (χ1) is 12.0. The van der Waals surface area contributed by atoms with Gasteiger partial charge in [-0.25, -0.2) is 4.98 Å². The minimum Gasteiger partial charge on any atom is -0.353 e. The number of aryl methyl sites for hydroxylation is 2. The van der Waals surface area contributed by atoms with Crippen molar-refractivity contribution >= 4 is 39.2 Å². The number of carbonyl (C=O) groups excluding carboxylic acids is 1. The molecule has 0 aromatic carbocycles. The number of hydrogen-bond donors (Lipinski definition) is 1. The van der Waals surface area contributed by atoms with Gasteiger partial charge in [0.05, 0.1) is 11.1 Å². The number of hydrogen-bond acceptors (Lipinski definition) is 5. The van der Waals surface area contributed by atoms with Crippen molar-refractivity contribution < 1.29 is 4.79 Å². The number of nitrogens with zero attached hydrogens (tertiary/aromatic N) is 2. The molecule has 2 aromatic heterocycles. The number of fused-ring (bicyclic) bond motifs is 1. The van der Waals surface area contributed by atoms with Crippen LogP contribution < -0.4 is 10.9 Å². The summed E-state index contributed by atoms with van der Waals surface area (Å²) in [5, 5.41) is 4.48. The van der Waals surface area contributed by atoms with Crippen molar-refractivity contribution in [2.45, 2.75) is 70.6 Å². The van der Waals surface area contributed by atoms with Gasteiger partial charge in [0.1, 0.15) is 4.83 Å². The first kappa shape index (κ1) is 18.5. The number of carbonyl (C=O) groups is 1. The zero-order valence-electron chi connectivity index (χ0n) is 15.1. The van der Waals surface area contributed by atoms with Crippen LogP contribution in [0.15, 0.2) is 9.95 Å². The van der Waals surface area contributed by atoms with Crippen molar-refractivity contribution in [2.24, 2.45) is 0 Å². The van der Waals surface area contributed by atoms with Crippen molar-refractivity contribution in [3.8, 4) is 0 Å². The van der Waals surface area contributed by atoms with E-state index < -0.39 is 0 Å². The van der Waals surface area contributed by atoms with E-state index in [1.807, 2.05) is 20.8 Å². The van der Waals surface area contributed by atoms with E-state index in [0.717, 1.165) is 33.5 Å². The van der Waals surface area contributed by atoms with Gasteiger partial charge in [-0.2, -0.15) is 0 Å². The van der Waals surface area contributed by atoms with Crippen molar-refractivity contribution in [3.05, 3.63) is 20.8 Å². The Labute approximate surface area is 156 Å². The van der Waals surface area contributed by atoms with Crippen LogP contribution in [0.2, 0.25) is 0 Å². The third-order valence-corrected chi connectivity index (χ3v) is 6.95. The topological polar surface area (TPSA) is 64.0 Å². The van der Waals surface area contributed by atoms with E-state index in [2.05, 4.69) is 10.3 Å². The Balaban J connectivity index is 1.76. The highest BCUT2D eigenvalue weighted by Crippen LogP contribution is 2.28. The molecule has 0 aliphatic heterocycles. The Bertz CT molecular complexity index is 835. The van der Waals surface area contributed by atoms with E-state index in [1.54, 1.807) is 15.9 Å². The monoisotopic (exact) mass is 379 g/mol. The molecule has 25 heavy (non-hydrogen) atoms. The molecule has 0 bridgehead atoms. The maximum absolute atomic E-state index is 12.8. The van der Waals surface area contributed by atoms with Gasteiger partial charge in [-0.15, -0.1) is 11.3 Å². The second-order valence-electron chi connectivity index (χ2n) is 6.60. The first-order valence-corrected chi connectivity index (χ1v) is 10.7. The van der Waals surface area contributed by atoms with Crippen LogP contribution >= 0.6 is 23.1 Å². The van der Waals surface area contributed by atoms with Crippen LogP contribution in [-0.2, 0) is 11.3 Å². The highest BCUT2D eigenvalue weighted by Gasteiger charge is 2.19. The Morgan fingerprint density at radius 2 is 2.04 bits per heavy atom. The Hall–Kier alpha value is -1.34. The zero-order chi connectivity index (χ0) is 18.0. The van der Waals surface area contributed by atoms with Crippen LogP contribution in [0.25, 0.3) is 10.2 Å². The average Bonchev–Trinajstić information content (AvgIpc) is 2.88. The van der Waals surface area contributed by atoms with Gasteiger partial charge in [-0.1, -0.05) is 31.0 Å². The van der Waals surface area contributed by atoms with Crippen LogP contribution in [0.5, 0.6) is 0 Å². The smallest absolute Gasteiger partial charge is 0.263 e. The van der Waals surface area contributed by atoms with Gasteiger partial charge in [0.25, 0.3) is 5.56 Å². The van der Waals surface area contributed by atoms with Crippen LogP contribution in [0.1, 0.15) is 49.5 Å². The Morgan fingerprint density at radius 1 is 1.32 bits per heavy atom. The number of rotatable bonds is 5. The molecule has 0 atom stereocenters. The lowest BCUT2D eigenvalue weighted by atomic mass is 9.95. The minimum absolute atomic E-state index is 0.00420. The lowest BCUT2D eigenvalue weighted by molar-refractivity contribution is -0.119. The van der Waals surface area contributed by atoms with Crippen molar-refractivity contribution in [3.63, 3.8) is 0 Å². The highest BCUT2D eigenvalue weighted by molar-refractivity contribution is 7.99. The summed E-state index contributed by atoms with van der Waals surface area (Å²) in [6.45, 7) is 6.49. The lowest BCUT2D eigenvalue weighted by Gasteiger charge is -2.22. The quantitative estimate of drug-likeness (QED) is 0.636. The molecular formula is C18H25N3O2S2. The molecule has 1 aliphatic rings. The predicted octanol–water partition coefficient (Wildman–Crippen LogP) is 3.64. The molecule has 0 saturated heterocycles. The molecule has 1 N–H and O–H groups in total. The van der Waals surface area contributed by atoms with Crippen LogP contribution in [0.4, 0.5) is 0 Å². The zero-order valence-corrected chi connectivity index (χ0v) is 16.7. The standard InChI is InChI=1S/C18H25N3O2S2/c1-4-21-17(23)15-11(2)12(3)25-16(15)20-18(21)24-10-14(22)19-13-8-6-5-7-9-13/h13H,4-10H2,1-3H3,(H,19,22). The summed E-state index contributed by atoms with van der Waals surface area (Å²) in [6.07, 6.45) is 5.82. The summed E-state index contributed by atoms with van der Waals surface area (Å²) in [4.78, 5) is 31.6.